The van der Waals surface area contributed by atoms with Crippen LogP contribution in [0.4, 0.5) is 0 Å². The molecular formula is C39H40N2O3. The van der Waals surface area contributed by atoms with E-state index in [9.17, 15) is 9.59 Å². The fourth-order valence-corrected chi connectivity index (χ4v) is 5.72. The van der Waals surface area contributed by atoms with Crippen molar-refractivity contribution in [2.45, 2.75) is 60.4 Å². The Hall–Kier alpha value is -4.90. The van der Waals surface area contributed by atoms with Crippen molar-refractivity contribution in [3.8, 4) is 0 Å². The summed E-state index contributed by atoms with van der Waals surface area (Å²) in [6.07, 6.45) is 6.68. The van der Waals surface area contributed by atoms with E-state index in [4.69, 9.17) is 4.74 Å². The second kappa shape index (κ2) is 14.0. The molecule has 224 valence electrons. The van der Waals surface area contributed by atoms with Gasteiger partial charge in [-0.3, -0.25) is 4.79 Å². The van der Waals surface area contributed by atoms with Crippen molar-refractivity contribution in [1.29, 1.82) is 0 Å². The summed E-state index contributed by atoms with van der Waals surface area (Å²) < 4.78 is 5.59. The van der Waals surface area contributed by atoms with Crippen molar-refractivity contribution in [3.63, 3.8) is 0 Å². The van der Waals surface area contributed by atoms with Gasteiger partial charge < -0.3 is 14.5 Å². The Morgan fingerprint density at radius 1 is 0.705 bits per heavy atom. The van der Waals surface area contributed by atoms with Gasteiger partial charge in [0, 0.05) is 37.6 Å². The maximum absolute atomic E-state index is 14.0. The van der Waals surface area contributed by atoms with Crippen molar-refractivity contribution in [1.82, 2.24) is 9.80 Å². The van der Waals surface area contributed by atoms with Gasteiger partial charge in [-0.1, -0.05) is 107 Å². The third kappa shape index (κ3) is 8.35. The van der Waals surface area contributed by atoms with E-state index in [1.165, 1.54) is 16.7 Å². The molecule has 1 amide bonds. The molecule has 0 spiro atoms. The number of allylic oxidation sites excluding steroid dienone is 1. The SMILES string of the molecule is Cc1cc(C)cc(CN(Cc2ccc(COC(=O)c3cc(C)cc(C)c3)cc2)C(=O)C2=CN(Cc3ccccc3)C=CC2)c1. The van der Waals surface area contributed by atoms with Crippen LogP contribution in [0.25, 0.3) is 0 Å². The van der Waals surface area contributed by atoms with Gasteiger partial charge in [0.25, 0.3) is 5.91 Å². The molecule has 0 aromatic heterocycles. The molecule has 1 heterocycles. The fraction of sp³-hybridized carbons (Fsp3) is 0.231. The first-order valence-corrected chi connectivity index (χ1v) is 15.1. The monoisotopic (exact) mass is 584 g/mol. The van der Waals surface area contributed by atoms with Crippen LogP contribution in [0.1, 0.15) is 61.3 Å². The van der Waals surface area contributed by atoms with Crippen LogP contribution in [0.2, 0.25) is 0 Å². The first kappa shape index (κ1) is 30.6. The molecule has 0 N–H and O–H groups in total. The molecule has 0 atom stereocenters. The van der Waals surface area contributed by atoms with Gasteiger partial charge in [-0.25, -0.2) is 4.79 Å². The zero-order chi connectivity index (χ0) is 31.1. The van der Waals surface area contributed by atoms with E-state index in [0.717, 1.165) is 33.4 Å². The molecule has 5 nitrogen and oxygen atoms in total. The van der Waals surface area contributed by atoms with Gasteiger partial charge in [0.1, 0.15) is 6.61 Å². The van der Waals surface area contributed by atoms with Gasteiger partial charge in [0.2, 0.25) is 0 Å². The smallest absolute Gasteiger partial charge is 0.338 e. The number of carbonyl (C=O) groups is 2. The number of nitrogens with zero attached hydrogens (tertiary/aromatic N) is 2. The zero-order valence-corrected chi connectivity index (χ0v) is 26.0. The summed E-state index contributed by atoms with van der Waals surface area (Å²) in [4.78, 5) is 30.7. The van der Waals surface area contributed by atoms with E-state index in [1.807, 2.05) is 91.8 Å². The number of esters is 1. The number of aryl methyl sites for hydroxylation is 4. The van der Waals surface area contributed by atoms with Crippen LogP contribution in [0, 0.1) is 27.7 Å². The molecule has 1 aliphatic heterocycles. The molecule has 0 saturated heterocycles. The predicted octanol–water partition coefficient (Wildman–Crippen LogP) is 8.11. The van der Waals surface area contributed by atoms with Crippen molar-refractivity contribution in [3.05, 3.63) is 165 Å². The van der Waals surface area contributed by atoms with Gasteiger partial charge in [0.15, 0.2) is 0 Å². The van der Waals surface area contributed by atoms with Crippen LogP contribution < -0.4 is 0 Å². The highest BCUT2D eigenvalue weighted by molar-refractivity contribution is 5.94. The summed E-state index contributed by atoms with van der Waals surface area (Å²) in [7, 11) is 0. The minimum absolute atomic E-state index is 0.0259. The van der Waals surface area contributed by atoms with Crippen LogP contribution in [-0.2, 0) is 35.8 Å². The first-order chi connectivity index (χ1) is 21.2. The lowest BCUT2D eigenvalue weighted by molar-refractivity contribution is -0.128. The quantitative estimate of drug-likeness (QED) is 0.177. The Balaban J connectivity index is 1.30. The van der Waals surface area contributed by atoms with Gasteiger partial charge in [0.05, 0.1) is 5.56 Å². The lowest BCUT2D eigenvalue weighted by Crippen LogP contribution is -2.32. The largest absolute Gasteiger partial charge is 0.457 e. The van der Waals surface area contributed by atoms with Crippen LogP contribution in [0.15, 0.2) is 115 Å². The number of amides is 1. The van der Waals surface area contributed by atoms with Crippen molar-refractivity contribution in [2.75, 3.05) is 0 Å². The van der Waals surface area contributed by atoms with Crippen molar-refractivity contribution < 1.29 is 14.3 Å². The van der Waals surface area contributed by atoms with E-state index in [2.05, 4.69) is 55.2 Å². The van der Waals surface area contributed by atoms with Gasteiger partial charge in [-0.15, -0.1) is 0 Å². The van der Waals surface area contributed by atoms with Gasteiger partial charge in [-0.2, -0.15) is 0 Å². The molecule has 4 aromatic rings. The molecule has 0 saturated carbocycles. The molecule has 5 heteroatoms. The molecule has 44 heavy (non-hydrogen) atoms. The summed E-state index contributed by atoms with van der Waals surface area (Å²) in [5.74, 6) is -0.305. The average Bonchev–Trinajstić information content (AvgIpc) is 2.99. The van der Waals surface area contributed by atoms with Crippen LogP contribution in [0.5, 0.6) is 0 Å². The van der Waals surface area contributed by atoms with Crippen molar-refractivity contribution in [2.24, 2.45) is 0 Å². The number of hydrogen-bond acceptors (Lipinski definition) is 4. The van der Waals surface area contributed by atoms with Gasteiger partial charge in [-0.05, 0) is 68.5 Å². The highest BCUT2D eigenvalue weighted by atomic mass is 16.5. The Kier molecular flexibility index (Phi) is 9.75. The van der Waals surface area contributed by atoms with Gasteiger partial charge >= 0.3 is 5.97 Å². The maximum Gasteiger partial charge on any atom is 0.338 e. The highest BCUT2D eigenvalue weighted by Crippen LogP contribution is 2.22. The van der Waals surface area contributed by atoms with Crippen LogP contribution in [-0.4, -0.2) is 21.7 Å². The number of hydrogen-bond donors (Lipinski definition) is 0. The number of benzene rings is 4. The van der Waals surface area contributed by atoms with E-state index >= 15 is 0 Å². The van der Waals surface area contributed by atoms with E-state index in [1.54, 1.807) is 0 Å². The van der Waals surface area contributed by atoms with Crippen molar-refractivity contribution >= 4 is 11.9 Å². The summed E-state index contributed by atoms with van der Waals surface area (Å²) >= 11 is 0. The normalized spacial score (nSPS) is 12.5. The third-order valence-electron chi connectivity index (χ3n) is 7.60. The van der Waals surface area contributed by atoms with Crippen LogP contribution >= 0.6 is 0 Å². The Bertz CT molecular complexity index is 1650. The molecule has 0 unspecified atom stereocenters. The Labute approximate surface area is 261 Å². The summed E-state index contributed by atoms with van der Waals surface area (Å²) in [5, 5.41) is 0. The second-order valence-electron chi connectivity index (χ2n) is 11.8. The Morgan fingerprint density at radius 2 is 1.30 bits per heavy atom. The molecular weight excluding hydrogens is 544 g/mol. The predicted molar refractivity (Wildman–Crippen MR) is 175 cm³/mol. The fourth-order valence-electron chi connectivity index (χ4n) is 5.72. The zero-order valence-electron chi connectivity index (χ0n) is 26.0. The average molecular weight is 585 g/mol. The highest BCUT2D eigenvalue weighted by Gasteiger charge is 2.21. The minimum atomic E-state index is -0.331. The lowest BCUT2D eigenvalue weighted by Gasteiger charge is -2.27. The first-order valence-electron chi connectivity index (χ1n) is 15.1. The summed E-state index contributed by atoms with van der Waals surface area (Å²) in [6.45, 7) is 9.99. The Morgan fingerprint density at radius 3 is 1.95 bits per heavy atom. The van der Waals surface area contributed by atoms with Crippen LogP contribution in [0.3, 0.4) is 0 Å². The lowest BCUT2D eigenvalue weighted by atomic mass is 10.0. The topological polar surface area (TPSA) is 49.9 Å². The molecule has 4 aromatic carbocycles. The minimum Gasteiger partial charge on any atom is -0.457 e. The molecule has 5 rings (SSSR count). The molecule has 1 aliphatic rings. The number of ether oxygens (including phenoxy) is 1. The van der Waals surface area contributed by atoms with E-state index in [-0.39, 0.29) is 18.5 Å². The van der Waals surface area contributed by atoms with E-state index < -0.39 is 0 Å². The maximum atomic E-state index is 14.0. The summed E-state index contributed by atoms with van der Waals surface area (Å²) in [5.41, 5.74) is 9.97. The molecule has 0 aliphatic carbocycles. The number of rotatable bonds is 10. The molecule has 0 fully saturated rings. The number of carbonyl (C=O) groups excluding carboxylic acids is 2. The molecule has 0 bridgehead atoms. The molecule has 0 radical (unpaired) electrons. The third-order valence-corrected chi connectivity index (χ3v) is 7.60. The summed E-state index contributed by atoms with van der Waals surface area (Å²) in [6, 6.07) is 30.4. The standard InChI is InChI=1S/C39H40N2O3/c1-28-17-29(2)20-35(19-28)25-41(38(42)36-11-8-16-40(26-36)23-32-9-6-5-7-10-32)24-33-12-14-34(15-13-33)27-44-39(43)37-21-30(3)18-31(4)22-37/h5-10,12-22,26H,11,23-25,27H2,1-4H3. The second-order valence-corrected chi connectivity index (χ2v) is 11.8. The van der Waals surface area contributed by atoms with E-state index in [0.29, 0.717) is 31.6 Å².